The van der Waals surface area contributed by atoms with Gasteiger partial charge in [0.2, 0.25) is 0 Å². The standard InChI is InChI=1S/C11H15BrN/c1-2-13(7-8-13)9-10-5-3-4-6-11(10)12/h3-6H,2,7-9H2,1H3/q+1. The summed E-state index contributed by atoms with van der Waals surface area (Å²) in [5, 5.41) is 0. The van der Waals surface area contributed by atoms with Gasteiger partial charge in [-0.25, -0.2) is 0 Å². The van der Waals surface area contributed by atoms with Crippen molar-refractivity contribution in [1.29, 1.82) is 0 Å². The first-order valence-corrected chi connectivity index (χ1v) is 5.63. The summed E-state index contributed by atoms with van der Waals surface area (Å²) in [5.74, 6) is 0. The van der Waals surface area contributed by atoms with Crippen molar-refractivity contribution in [2.75, 3.05) is 19.6 Å². The lowest BCUT2D eigenvalue weighted by Gasteiger charge is -2.16. The molecule has 0 N–H and O–H groups in total. The number of quaternary nitrogens is 1. The maximum atomic E-state index is 3.60. The second-order valence-corrected chi connectivity index (χ2v) is 4.71. The van der Waals surface area contributed by atoms with E-state index in [0.29, 0.717) is 0 Å². The maximum Gasteiger partial charge on any atom is 0.129 e. The molecule has 2 heteroatoms. The lowest BCUT2D eigenvalue weighted by atomic mass is 10.2. The van der Waals surface area contributed by atoms with Crippen LogP contribution in [0.4, 0.5) is 0 Å². The first kappa shape index (κ1) is 9.22. The minimum absolute atomic E-state index is 1.19. The molecule has 0 saturated carbocycles. The van der Waals surface area contributed by atoms with Gasteiger partial charge < -0.3 is 4.48 Å². The van der Waals surface area contributed by atoms with Gasteiger partial charge in [0, 0.05) is 10.0 Å². The summed E-state index contributed by atoms with van der Waals surface area (Å²) < 4.78 is 2.54. The fraction of sp³-hybridized carbons (Fsp3) is 0.455. The molecule has 1 aromatic rings. The second kappa shape index (κ2) is 3.43. The Morgan fingerprint density at radius 3 is 2.54 bits per heavy atom. The van der Waals surface area contributed by atoms with Crippen LogP contribution in [0.3, 0.4) is 0 Å². The van der Waals surface area contributed by atoms with Gasteiger partial charge in [-0.15, -0.1) is 0 Å². The Morgan fingerprint density at radius 1 is 1.31 bits per heavy atom. The van der Waals surface area contributed by atoms with E-state index in [4.69, 9.17) is 0 Å². The van der Waals surface area contributed by atoms with E-state index < -0.39 is 0 Å². The second-order valence-electron chi connectivity index (χ2n) is 3.85. The van der Waals surface area contributed by atoms with Crippen LogP contribution in [0.1, 0.15) is 12.5 Å². The number of hydrogen-bond donors (Lipinski definition) is 0. The van der Waals surface area contributed by atoms with Crippen LogP contribution in [0.2, 0.25) is 0 Å². The van der Waals surface area contributed by atoms with Gasteiger partial charge in [0.05, 0.1) is 6.54 Å². The molecule has 1 heterocycles. The van der Waals surface area contributed by atoms with E-state index in [0.717, 1.165) is 0 Å². The summed E-state index contributed by atoms with van der Waals surface area (Å²) in [6.45, 7) is 7.46. The normalized spacial score (nSPS) is 18.6. The molecule has 0 aromatic heterocycles. The van der Waals surface area contributed by atoms with Gasteiger partial charge in [0.25, 0.3) is 0 Å². The van der Waals surface area contributed by atoms with E-state index in [1.165, 1.54) is 40.7 Å². The molecule has 0 spiro atoms. The molecule has 1 aliphatic heterocycles. The van der Waals surface area contributed by atoms with Crippen LogP contribution in [0, 0.1) is 0 Å². The molecule has 0 atom stereocenters. The molecule has 2 rings (SSSR count). The number of rotatable bonds is 3. The van der Waals surface area contributed by atoms with Crippen molar-refractivity contribution in [3.05, 3.63) is 34.3 Å². The lowest BCUT2D eigenvalue weighted by molar-refractivity contribution is -0.811. The molecule has 70 valence electrons. The van der Waals surface area contributed by atoms with E-state index in [-0.39, 0.29) is 0 Å². The van der Waals surface area contributed by atoms with E-state index in [1.54, 1.807) is 0 Å². The van der Waals surface area contributed by atoms with Crippen molar-refractivity contribution in [2.45, 2.75) is 13.5 Å². The van der Waals surface area contributed by atoms with Gasteiger partial charge in [-0.2, -0.15) is 0 Å². The predicted molar refractivity (Wildman–Crippen MR) is 58.4 cm³/mol. The van der Waals surface area contributed by atoms with Crippen molar-refractivity contribution >= 4 is 15.9 Å². The van der Waals surface area contributed by atoms with Crippen LogP contribution in [-0.2, 0) is 6.54 Å². The van der Waals surface area contributed by atoms with E-state index in [9.17, 15) is 0 Å². The molecule has 1 aliphatic rings. The molecule has 0 amide bonds. The van der Waals surface area contributed by atoms with Crippen LogP contribution in [0.5, 0.6) is 0 Å². The van der Waals surface area contributed by atoms with Crippen molar-refractivity contribution in [3.8, 4) is 0 Å². The average Bonchev–Trinajstić information content (AvgIpc) is 2.90. The van der Waals surface area contributed by atoms with Crippen LogP contribution in [-0.4, -0.2) is 24.1 Å². The summed E-state index contributed by atoms with van der Waals surface area (Å²) >= 11 is 3.60. The van der Waals surface area contributed by atoms with Crippen molar-refractivity contribution in [3.63, 3.8) is 0 Å². The quantitative estimate of drug-likeness (QED) is 0.564. The smallest absolute Gasteiger partial charge is 0.129 e. The van der Waals surface area contributed by atoms with E-state index in [2.05, 4.69) is 47.1 Å². The van der Waals surface area contributed by atoms with Crippen LogP contribution in [0.25, 0.3) is 0 Å². The van der Waals surface area contributed by atoms with Gasteiger partial charge in [-0.1, -0.05) is 34.1 Å². The van der Waals surface area contributed by atoms with Crippen molar-refractivity contribution < 1.29 is 4.48 Å². The third-order valence-electron chi connectivity index (χ3n) is 2.99. The molecule has 1 aromatic carbocycles. The summed E-state index contributed by atoms with van der Waals surface area (Å²) in [6, 6.07) is 8.55. The molecule has 1 fully saturated rings. The Balaban J connectivity index is 2.14. The summed E-state index contributed by atoms with van der Waals surface area (Å²) in [4.78, 5) is 0. The highest BCUT2D eigenvalue weighted by molar-refractivity contribution is 9.10. The van der Waals surface area contributed by atoms with Gasteiger partial charge in [0.15, 0.2) is 0 Å². The average molecular weight is 241 g/mol. The van der Waals surface area contributed by atoms with E-state index in [1.807, 2.05) is 0 Å². The zero-order valence-corrected chi connectivity index (χ0v) is 9.55. The number of likely N-dealkylation sites (N-methyl/N-ethyl adjacent to an activating group) is 1. The Labute approximate surface area is 88.1 Å². The van der Waals surface area contributed by atoms with Crippen molar-refractivity contribution in [2.24, 2.45) is 0 Å². The number of hydrogen-bond acceptors (Lipinski definition) is 0. The van der Waals surface area contributed by atoms with Crippen molar-refractivity contribution in [1.82, 2.24) is 0 Å². The Bertz CT molecular complexity index is 305. The fourth-order valence-electron chi connectivity index (χ4n) is 1.72. The zero-order chi connectivity index (χ0) is 9.31. The maximum absolute atomic E-state index is 3.60. The zero-order valence-electron chi connectivity index (χ0n) is 7.96. The SMILES string of the molecule is CC[N+]1(Cc2ccccc2Br)CC1. The fourth-order valence-corrected chi connectivity index (χ4v) is 2.13. The highest BCUT2D eigenvalue weighted by Crippen LogP contribution is 2.28. The molecular weight excluding hydrogens is 226 g/mol. The largest absolute Gasteiger partial charge is 0.311 e. The summed E-state index contributed by atoms with van der Waals surface area (Å²) in [7, 11) is 0. The van der Waals surface area contributed by atoms with Gasteiger partial charge in [-0.3, -0.25) is 0 Å². The first-order valence-electron chi connectivity index (χ1n) is 4.84. The van der Waals surface area contributed by atoms with Crippen LogP contribution in [0.15, 0.2) is 28.7 Å². The molecule has 0 bridgehead atoms. The van der Waals surface area contributed by atoms with Crippen LogP contribution >= 0.6 is 15.9 Å². The molecule has 1 saturated heterocycles. The third kappa shape index (κ3) is 1.94. The Morgan fingerprint density at radius 2 is 2.00 bits per heavy atom. The first-order chi connectivity index (χ1) is 6.26. The monoisotopic (exact) mass is 240 g/mol. The Kier molecular flexibility index (Phi) is 2.43. The number of nitrogens with zero attached hydrogens (tertiary/aromatic N) is 1. The predicted octanol–water partition coefficient (Wildman–Crippen LogP) is 2.80. The van der Waals surface area contributed by atoms with Gasteiger partial charge >= 0.3 is 0 Å². The van der Waals surface area contributed by atoms with Gasteiger partial charge in [-0.05, 0) is 13.0 Å². The molecule has 0 radical (unpaired) electrons. The summed E-state index contributed by atoms with van der Waals surface area (Å²) in [6.07, 6.45) is 0. The molecular formula is C11H15BrN+. The lowest BCUT2D eigenvalue weighted by Crippen LogP contribution is -2.24. The number of benzene rings is 1. The Hall–Kier alpha value is -0.340. The third-order valence-corrected chi connectivity index (χ3v) is 3.76. The van der Waals surface area contributed by atoms with Gasteiger partial charge in [0.1, 0.15) is 19.6 Å². The molecule has 0 aliphatic carbocycles. The highest BCUT2D eigenvalue weighted by atomic mass is 79.9. The van der Waals surface area contributed by atoms with E-state index >= 15 is 0 Å². The molecule has 13 heavy (non-hydrogen) atoms. The molecule has 1 nitrogen and oxygen atoms in total. The van der Waals surface area contributed by atoms with Crippen LogP contribution < -0.4 is 0 Å². The number of halogens is 1. The highest BCUT2D eigenvalue weighted by Gasteiger charge is 2.40. The minimum atomic E-state index is 1.19. The molecule has 0 unspecified atom stereocenters. The minimum Gasteiger partial charge on any atom is -0.311 e. The summed E-state index contributed by atoms with van der Waals surface area (Å²) in [5.41, 5.74) is 1.45. The topological polar surface area (TPSA) is 0 Å².